The van der Waals surface area contributed by atoms with Gasteiger partial charge in [0.15, 0.2) is 0 Å². The Balaban J connectivity index is 2.16. The number of anilines is 1. The van der Waals surface area contributed by atoms with E-state index in [-0.39, 0.29) is 6.04 Å². The van der Waals surface area contributed by atoms with Crippen LogP contribution in [0.2, 0.25) is 0 Å². The van der Waals surface area contributed by atoms with Gasteiger partial charge in [0, 0.05) is 11.7 Å². The normalized spacial score (nSPS) is 11.7. The van der Waals surface area contributed by atoms with Crippen LogP contribution in [0.5, 0.6) is 0 Å². The standard InChI is InChI=1S/C17H18N2/c1-12-4-9-17(13(2)10-12)14(3)19-16-7-5-15(11-18)6-8-16/h4-10,14,19H,1-3H3. The zero-order valence-corrected chi connectivity index (χ0v) is 11.6. The van der Waals surface area contributed by atoms with E-state index in [2.05, 4.69) is 50.4 Å². The van der Waals surface area contributed by atoms with Crippen LogP contribution in [0.25, 0.3) is 0 Å². The molecule has 0 aliphatic carbocycles. The van der Waals surface area contributed by atoms with Crippen molar-refractivity contribution in [2.24, 2.45) is 0 Å². The minimum atomic E-state index is 0.244. The van der Waals surface area contributed by atoms with Crippen molar-refractivity contribution in [3.8, 4) is 6.07 Å². The highest BCUT2D eigenvalue weighted by atomic mass is 14.9. The van der Waals surface area contributed by atoms with E-state index < -0.39 is 0 Å². The highest BCUT2D eigenvalue weighted by molar-refractivity contribution is 5.49. The van der Waals surface area contributed by atoms with Crippen LogP contribution in [0.3, 0.4) is 0 Å². The first kappa shape index (κ1) is 13.2. The van der Waals surface area contributed by atoms with Crippen molar-refractivity contribution in [3.63, 3.8) is 0 Å². The molecule has 19 heavy (non-hydrogen) atoms. The second-order valence-corrected chi connectivity index (χ2v) is 4.92. The van der Waals surface area contributed by atoms with E-state index in [9.17, 15) is 0 Å². The van der Waals surface area contributed by atoms with E-state index in [4.69, 9.17) is 5.26 Å². The number of nitrogens with one attached hydrogen (secondary N) is 1. The van der Waals surface area contributed by atoms with Crippen LogP contribution in [-0.4, -0.2) is 0 Å². The lowest BCUT2D eigenvalue weighted by Crippen LogP contribution is -2.08. The molecule has 0 aliphatic rings. The van der Waals surface area contributed by atoms with Gasteiger partial charge in [0.05, 0.1) is 11.6 Å². The molecule has 0 heterocycles. The third-order valence-electron chi connectivity index (χ3n) is 3.29. The molecule has 0 radical (unpaired) electrons. The molecule has 0 aliphatic heterocycles. The summed E-state index contributed by atoms with van der Waals surface area (Å²) in [6.07, 6.45) is 0. The van der Waals surface area contributed by atoms with E-state index >= 15 is 0 Å². The molecule has 0 spiro atoms. The van der Waals surface area contributed by atoms with Crippen molar-refractivity contribution >= 4 is 5.69 Å². The average molecular weight is 250 g/mol. The van der Waals surface area contributed by atoms with Crippen LogP contribution >= 0.6 is 0 Å². The number of hydrogen-bond acceptors (Lipinski definition) is 2. The number of aryl methyl sites for hydroxylation is 2. The van der Waals surface area contributed by atoms with E-state index in [1.54, 1.807) is 0 Å². The lowest BCUT2D eigenvalue weighted by molar-refractivity contribution is 0.873. The first-order valence-corrected chi connectivity index (χ1v) is 6.44. The van der Waals surface area contributed by atoms with Gasteiger partial charge in [0.2, 0.25) is 0 Å². The van der Waals surface area contributed by atoms with Gasteiger partial charge in [-0.2, -0.15) is 5.26 Å². The Morgan fingerprint density at radius 1 is 1.05 bits per heavy atom. The Morgan fingerprint density at radius 3 is 2.32 bits per heavy atom. The predicted octanol–water partition coefficient (Wildman–Crippen LogP) is 4.35. The predicted molar refractivity (Wildman–Crippen MR) is 79.1 cm³/mol. The fourth-order valence-corrected chi connectivity index (χ4v) is 2.28. The van der Waals surface area contributed by atoms with E-state index in [1.807, 2.05) is 24.3 Å². The fraction of sp³-hybridized carbons (Fsp3) is 0.235. The Labute approximate surface area is 114 Å². The Hall–Kier alpha value is -2.27. The molecular weight excluding hydrogens is 232 g/mol. The topological polar surface area (TPSA) is 35.8 Å². The van der Waals surface area contributed by atoms with Crippen molar-refractivity contribution in [2.75, 3.05) is 5.32 Å². The van der Waals surface area contributed by atoms with Gasteiger partial charge in [-0.1, -0.05) is 23.8 Å². The van der Waals surface area contributed by atoms with E-state index in [1.165, 1.54) is 16.7 Å². The summed E-state index contributed by atoms with van der Waals surface area (Å²) in [6.45, 7) is 6.39. The van der Waals surface area contributed by atoms with Crippen LogP contribution in [0.1, 0.15) is 35.2 Å². The molecule has 2 aromatic carbocycles. The summed E-state index contributed by atoms with van der Waals surface area (Å²) in [5, 5.41) is 12.2. The van der Waals surface area contributed by atoms with Gasteiger partial charge in [-0.05, 0) is 56.2 Å². The minimum absolute atomic E-state index is 0.244. The van der Waals surface area contributed by atoms with Gasteiger partial charge in [-0.15, -0.1) is 0 Å². The Bertz CT molecular complexity index is 606. The van der Waals surface area contributed by atoms with Crippen LogP contribution in [0.15, 0.2) is 42.5 Å². The molecule has 2 nitrogen and oxygen atoms in total. The molecule has 0 saturated heterocycles. The monoisotopic (exact) mass is 250 g/mol. The molecule has 0 aromatic heterocycles. The van der Waals surface area contributed by atoms with Crippen molar-refractivity contribution in [1.82, 2.24) is 0 Å². The summed E-state index contributed by atoms with van der Waals surface area (Å²) < 4.78 is 0. The van der Waals surface area contributed by atoms with Crippen LogP contribution in [0, 0.1) is 25.2 Å². The molecule has 2 heteroatoms. The second kappa shape index (κ2) is 5.58. The smallest absolute Gasteiger partial charge is 0.0991 e. The first-order valence-electron chi connectivity index (χ1n) is 6.44. The molecular formula is C17H18N2. The number of benzene rings is 2. The van der Waals surface area contributed by atoms with Gasteiger partial charge in [0.25, 0.3) is 0 Å². The molecule has 1 unspecified atom stereocenters. The number of hydrogen-bond donors (Lipinski definition) is 1. The summed E-state index contributed by atoms with van der Waals surface area (Å²) in [6, 6.07) is 16.4. The van der Waals surface area contributed by atoms with Crippen molar-refractivity contribution < 1.29 is 0 Å². The lowest BCUT2D eigenvalue weighted by atomic mass is 10.00. The molecule has 96 valence electrons. The highest BCUT2D eigenvalue weighted by Crippen LogP contribution is 2.23. The van der Waals surface area contributed by atoms with Gasteiger partial charge < -0.3 is 5.32 Å². The summed E-state index contributed by atoms with van der Waals surface area (Å²) in [7, 11) is 0. The molecule has 1 atom stereocenters. The van der Waals surface area contributed by atoms with Gasteiger partial charge in [-0.3, -0.25) is 0 Å². The summed E-state index contributed by atoms with van der Waals surface area (Å²) in [5.41, 5.74) is 5.60. The van der Waals surface area contributed by atoms with Crippen LogP contribution in [0.4, 0.5) is 5.69 Å². The Kier molecular flexibility index (Phi) is 3.87. The molecule has 1 N–H and O–H groups in total. The molecule has 0 amide bonds. The quantitative estimate of drug-likeness (QED) is 0.879. The fourth-order valence-electron chi connectivity index (χ4n) is 2.28. The largest absolute Gasteiger partial charge is 0.379 e. The molecule has 0 fully saturated rings. The summed E-state index contributed by atoms with van der Waals surface area (Å²) in [4.78, 5) is 0. The highest BCUT2D eigenvalue weighted by Gasteiger charge is 2.08. The van der Waals surface area contributed by atoms with Crippen molar-refractivity contribution in [1.29, 1.82) is 5.26 Å². The van der Waals surface area contributed by atoms with Gasteiger partial charge >= 0.3 is 0 Å². The maximum Gasteiger partial charge on any atom is 0.0991 e. The Morgan fingerprint density at radius 2 is 1.74 bits per heavy atom. The third kappa shape index (κ3) is 3.14. The van der Waals surface area contributed by atoms with Crippen molar-refractivity contribution in [3.05, 3.63) is 64.7 Å². The van der Waals surface area contributed by atoms with Crippen LogP contribution in [-0.2, 0) is 0 Å². The maximum absolute atomic E-state index is 8.78. The number of nitriles is 1. The van der Waals surface area contributed by atoms with Crippen molar-refractivity contribution in [2.45, 2.75) is 26.8 Å². The van der Waals surface area contributed by atoms with Gasteiger partial charge in [0.1, 0.15) is 0 Å². The second-order valence-electron chi connectivity index (χ2n) is 4.92. The summed E-state index contributed by atoms with van der Waals surface area (Å²) >= 11 is 0. The molecule has 0 saturated carbocycles. The first-order chi connectivity index (χ1) is 9.10. The molecule has 0 bridgehead atoms. The van der Waals surface area contributed by atoms with Gasteiger partial charge in [-0.25, -0.2) is 0 Å². The van der Waals surface area contributed by atoms with E-state index in [0.29, 0.717) is 5.56 Å². The van der Waals surface area contributed by atoms with Crippen LogP contribution < -0.4 is 5.32 Å². The lowest BCUT2D eigenvalue weighted by Gasteiger charge is -2.18. The average Bonchev–Trinajstić information content (AvgIpc) is 2.39. The number of rotatable bonds is 3. The van der Waals surface area contributed by atoms with E-state index in [0.717, 1.165) is 5.69 Å². The zero-order valence-electron chi connectivity index (χ0n) is 11.6. The molecule has 2 aromatic rings. The zero-order chi connectivity index (χ0) is 13.8. The SMILES string of the molecule is Cc1ccc(C(C)Nc2ccc(C#N)cc2)c(C)c1. The number of nitrogens with zero attached hydrogens (tertiary/aromatic N) is 1. The third-order valence-corrected chi connectivity index (χ3v) is 3.29. The molecule has 2 rings (SSSR count). The minimum Gasteiger partial charge on any atom is -0.379 e. The maximum atomic E-state index is 8.78. The summed E-state index contributed by atoms with van der Waals surface area (Å²) in [5.74, 6) is 0.